The number of rotatable bonds is 7. The maximum atomic E-state index is 12.9. The van der Waals surface area contributed by atoms with Gasteiger partial charge in [-0.1, -0.05) is 37.3 Å². The summed E-state index contributed by atoms with van der Waals surface area (Å²) in [5, 5.41) is 11.8. The summed E-state index contributed by atoms with van der Waals surface area (Å²) < 4.78 is 0. The van der Waals surface area contributed by atoms with Gasteiger partial charge < -0.3 is 10.2 Å². The van der Waals surface area contributed by atoms with E-state index in [-0.39, 0.29) is 11.9 Å². The first kappa shape index (κ1) is 19.9. The Hall–Kier alpha value is -2.86. The molecule has 3 N–H and O–H groups in total. The highest BCUT2D eigenvalue weighted by Crippen LogP contribution is 2.36. The predicted molar refractivity (Wildman–Crippen MR) is 108 cm³/mol. The highest BCUT2D eigenvalue weighted by atomic mass is 16.5. The minimum Gasteiger partial charge on any atom is -0.354 e. The van der Waals surface area contributed by atoms with Gasteiger partial charge in [0.2, 0.25) is 5.91 Å². The largest absolute Gasteiger partial charge is 0.354 e. The molecule has 1 fully saturated rings. The van der Waals surface area contributed by atoms with Crippen molar-refractivity contribution in [3.8, 4) is 0 Å². The fourth-order valence-electron chi connectivity index (χ4n) is 4.21. The number of amides is 2. The number of benzene rings is 2. The zero-order valence-electron chi connectivity index (χ0n) is 16.3. The molecule has 6 nitrogen and oxygen atoms in total. The Morgan fingerprint density at radius 2 is 1.89 bits per heavy atom. The fourth-order valence-corrected chi connectivity index (χ4v) is 4.21. The maximum Gasteiger partial charge on any atom is 0.274 e. The van der Waals surface area contributed by atoms with E-state index in [0.29, 0.717) is 18.5 Å². The van der Waals surface area contributed by atoms with Crippen molar-refractivity contribution >= 4 is 17.5 Å². The van der Waals surface area contributed by atoms with Crippen LogP contribution in [0.15, 0.2) is 54.6 Å². The standard InChI is InChI=1S/C22H27N3O3/c1-3-22(13-14-23-21(22)27)25(16(2)15-17-7-5-4-6-8-17)19-11-9-18(10-12-19)20(26)24-28/h4-12,16,28H,3,13-15H2,1-2H3,(H,23,27)(H,24,26). The van der Waals surface area contributed by atoms with E-state index in [0.717, 1.165) is 18.5 Å². The molecule has 28 heavy (non-hydrogen) atoms. The first-order chi connectivity index (χ1) is 13.5. The van der Waals surface area contributed by atoms with Crippen molar-refractivity contribution in [2.75, 3.05) is 11.4 Å². The zero-order chi connectivity index (χ0) is 20.1. The number of hydroxylamine groups is 1. The van der Waals surface area contributed by atoms with Crippen LogP contribution in [-0.2, 0) is 11.2 Å². The van der Waals surface area contributed by atoms with Crippen LogP contribution in [0, 0.1) is 0 Å². The number of anilines is 1. The van der Waals surface area contributed by atoms with Crippen LogP contribution in [0.25, 0.3) is 0 Å². The van der Waals surface area contributed by atoms with Crippen molar-refractivity contribution < 1.29 is 14.8 Å². The van der Waals surface area contributed by atoms with Crippen LogP contribution in [0.4, 0.5) is 5.69 Å². The maximum absolute atomic E-state index is 12.9. The number of nitrogens with one attached hydrogen (secondary N) is 2. The van der Waals surface area contributed by atoms with Gasteiger partial charge in [0.1, 0.15) is 5.54 Å². The van der Waals surface area contributed by atoms with Gasteiger partial charge in [0.15, 0.2) is 0 Å². The third kappa shape index (κ3) is 3.73. The van der Waals surface area contributed by atoms with Gasteiger partial charge in [0.25, 0.3) is 5.91 Å². The van der Waals surface area contributed by atoms with Crippen molar-refractivity contribution in [1.29, 1.82) is 0 Å². The fraction of sp³-hybridized carbons (Fsp3) is 0.364. The summed E-state index contributed by atoms with van der Waals surface area (Å²) in [6.45, 7) is 4.83. The van der Waals surface area contributed by atoms with E-state index < -0.39 is 11.4 Å². The van der Waals surface area contributed by atoms with Crippen molar-refractivity contribution in [2.24, 2.45) is 0 Å². The molecule has 2 atom stereocenters. The van der Waals surface area contributed by atoms with Gasteiger partial charge in [-0.05, 0) is 56.0 Å². The molecule has 2 unspecified atom stereocenters. The molecule has 2 aromatic carbocycles. The number of nitrogens with zero attached hydrogens (tertiary/aromatic N) is 1. The van der Waals surface area contributed by atoms with E-state index in [1.165, 1.54) is 5.56 Å². The second-order valence-electron chi connectivity index (χ2n) is 7.29. The molecule has 2 aromatic rings. The minimum atomic E-state index is -0.616. The van der Waals surface area contributed by atoms with Crippen LogP contribution in [0.5, 0.6) is 0 Å². The number of hydrogen-bond acceptors (Lipinski definition) is 4. The predicted octanol–water partition coefficient (Wildman–Crippen LogP) is 2.91. The SMILES string of the molecule is CCC1(N(c2ccc(C(=O)NO)cc2)C(C)Cc2ccccc2)CCNC1=O. The van der Waals surface area contributed by atoms with E-state index in [9.17, 15) is 9.59 Å². The number of hydrogen-bond donors (Lipinski definition) is 3. The van der Waals surface area contributed by atoms with Crippen molar-refractivity contribution in [3.05, 3.63) is 65.7 Å². The van der Waals surface area contributed by atoms with Crippen LogP contribution < -0.4 is 15.7 Å². The van der Waals surface area contributed by atoms with E-state index in [1.54, 1.807) is 17.6 Å². The monoisotopic (exact) mass is 381 g/mol. The molecular formula is C22H27N3O3. The Balaban J connectivity index is 1.99. The lowest BCUT2D eigenvalue weighted by atomic mass is 9.88. The molecule has 1 aliphatic heterocycles. The third-order valence-corrected chi connectivity index (χ3v) is 5.62. The quantitative estimate of drug-likeness (QED) is 0.509. The molecular weight excluding hydrogens is 354 g/mol. The Kier molecular flexibility index (Phi) is 5.99. The summed E-state index contributed by atoms with van der Waals surface area (Å²) in [4.78, 5) is 26.7. The lowest BCUT2D eigenvalue weighted by Gasteiger charge is -2.44. The van der Waals surface area contributed by atoms with E-state index in [2.05, 4.69) is 29.3 Å². The lowest BCUT2D eigenvalue weighted by Crippen LogP contribution is -2.57. The van der Waals surface area contributed by atoms with Gasteiger partial charge in [-0.15, -0.1) is 0 Å². The van der Waals surface area contributed by atoms with Gasteiger partial charge in [0.05, 0.1) is 0 Å². The zero-order valence-corrected chi connectivity index (χ0v) is 16.3. The minimum absolute atomic E-state index is 0.0482. The summed E-state index contributed by atoms with van der Waals surface area (Å²) in [6, 6.07) is 17.3. The van der Waals surface area contributed by atoms with E-state index in [4.69, 9.17) is 5.21 Å². The molecule has 1 saturated heterocycles. The summed E-state index contributed by atoms with van der Waals surface area (Å²) in [5.41, 5.74) is 3.49. The molecule has 1 heterocycles. The Morgan fingerprint density at radius 3 is 2.43 bits per heavy atom. The van der Waals surface area contributed by atoms with Crippen molar-refractivity contribution in [3.63, 3.8) is 0 Å². The van der Waals surface area contributed by atoms with E-state index in [1.807, 2.05) is 37.3 Å². The average molecular weight is 381 g/mol. The number of carbonyl (C=O) groups excluding carboxylic acids is 2. The molecule has 6 heteroatoms. The van der Waals surface area contributed by atoms with E-state index >= 15 is 0 Å². The van der Waals surface area contributed by atoms with Crippen molar-refractivity contribution in [1.82, 2.24) is 10.8 Å². The van der Waals surface area contributed by atoms with Gasteiger partial charge in [0, 0.05) is 23.8 Å². The topological polar surface area (TPSA) is 81.7 Å². The van der Waals surface area contributed by atoms with Gasteiger partial charge in [-0.2, -0.15) is 0 Å². The van der Waals surface area contributed by atoms with Crippen LogP contribution in [0.3, 0.4) is 0 Å². The molecule has 2 amide bonds. The van der Waals surface area contributed by atoms with Crippen LogP contribution in [-0.4, -0.2) is 35.1 Å². The Bertz CT molecular complexity index is 823. The molecule has 0 spiro atoms. The molecule has 0 aliphatic carbocycles. The Labute approximate surface area is 165 Å². The van der Waals surface area contributed by atoms with Gasteiger partial charge in [-0.3, -0.25) is 14.8 Å². The van der Waals surface area contributed by atoms with Gasteiger partial charge in [-0.25, -0.2) is 5.48 Å². The summed E-state index contributed by atoms with van der Waals surface area (Å²) in [6.07, 6.45) is 2.23. The smallest absolute Gasteiger partial charge is 0.274 e. The lowest BCUT2D eigenvalue weighted by molar-refractivity contribution is -0.124. The number of carbonyl (C=O) groups is 2. The summed E-state index contributed by atoms with van der Waals surface area (Å²) in [5.74, 6) is -0.508. The summed E-state index contributed by atoms with van der Waals surface area (Å²) >= 11 is 0. The second-order valence-corrected chi connectivity index (χ2v) is 7.29. The van der Waals surface area contributed by atoms with Gasteiger partial charge >= 0.3 is 0 Å². The highest BCUT2D eigenvalue weighted by molar-refractivity contribution is 5.94. The molecule has 3 rings (SSSR count). The van der Waals surface area contributed by atoms with Crippen LogP contribution in [0.2, 0.25) is 0 Å². The second kappa shape index (κ2) is 8.44. The van der Waals surface area contributed by atoms with Crippen LogP contribution >= 0.6 is 0 Å². The van der Waals surface area contributed by atoms with Crippen LogP contribution in [0.1, 0.15) is 42.6 Å². The van der Waals surface area contributed by atoms with Crippen molar-refractivity contribution in [2.45, 2.75) is 44.7 Å². The first-order valence-corrected chi connectivity index (χ1v) is 9.68. The molecule has 0 saturated carbocycles. The molecule has 0 aromatic heterocycles. The molecule has 1 aliphatic rings. The molecule has 0 bridgehead atoms. The highest BCUT2D eigenvalue weighted by Gasteiger charge is 2.47. The average Bonchev–Trinajstić information content (AvgIpc) is 3.10. The third-order valence-electron chi connectivity index (χ3n) is 5.62. The molecule has 148 valence electrons. The molecule has 0 radical (unpaired) electrons. The first-order valence-electron chi connectivity index (χ1n) is 9.68. The summed E-state index contributed by atoms with van der Waals surface area (Å²) in [7, 11) is 0. The Morgan fingerprint density at radius 1 is 1.21 bits per heavy atom. The normalized spacial score (nSPS) is 19.8.